The van der Waals surface area contributed by atoms with Crippen LogP contribution in [0.1, 0.15) is 93.4 Å². The normalized spacial score (nSPS) is 14.1. The molecule has 0 aliphatic carbocycles. The lowest BCUT2D eigenvalue weighted by molar-refractivity contribution is -0.122. The van der Waals surface area contributed by atoms with Crippen molar-refractivity contribution in [2.45, 2.75) is 111 Å². The number of hydrogen-bond donors (Lipinski definition) is 3. The van der Waals surface area contributed by atoms with Crippen LogP contribution in [-0.4, -0.2) is 49.5 Å². The third-order valence-electron chi connectivity index (χ3n) is 6.05. The Morgan fingerprint density at radius 2 is 1.55 bits per heavy atom. The highest BCUT2D eigenvalue weighted by atomic mass is 16.5. The van der Waals surface area contributed by atoms with Gasteiger partial charge in [-0.15, -0.1) is 0 Å². The molecule has 0 aromatic carbocycles. The molecule has 0 spiro atoms. The number of unbranched alkanes of at least 4 members (excludes halogenated alkanes) is 1. The van der Waals surface area contributed by atoms with Gasteiger partial charge in [-0.05, 0) is 78.2 Å². The number of rotatable bonds is 17. The summed E-state index contributed by atoms with van der Waals surface area (Å²) < 4.78 is 12.3. The Morgan fingerprint density at radius 3 is 2.10 bits per heavy atom. The van der Waals surface area contributed by atoms with Gasteiger partial charge in [0.05, 0.1) is 30.5 Å². The third-order valence-corrected chi connectivity index (χ3v) is 6.05. The predicted molar refractivity (Wildman–Crippen MR) is 122 cm³/mol. The summed E-state index contributed by atoms with van der Waals surface area (Å²) in [5.41, 5.74) is 11.1. The molecule has 5 N–H and O–H groups in total. The first kappa shape index (κ1) is 28.3. The monoisotopic (exact) mass is 415 g/mol. The van der Waals surface area contributed by atoms with Gasteiger partial charge >= 0.3 is 0 Å². The van der Waals surface area contributed by atoms with Crippen molar-refractivity contribution >= 4 is 5.91 Å². The van der Waals surface area contributed by atoms with Crippen LogP contribution >= 0.6 is 0 Å². The maximum Gasteiger partial charge on any atom is 0.236 e. The molecule has 0 heterocycles. The molecule has 0 radical (unpaired) electrons. The van der Waals surface area contributed by atoms with Gasteiger partial charge in [0.1, 0.15) is 0 Å². The fourth-order valence-corrected chi connectivity index (χ4v) is 2.80. The van der Waals surface area contributed by atoms with Crippen molar-refractivity contribution in [2.24, 2.45) is 16.9 Å². The second-order valence-electron chi connectivity index (χ2n) is 9.86. The summed E-state index contributed by atoms with van der Waals surface area (Å²) in [7, 11) is 0. The Kier molecular flexibility index (Phi) is 13.3. The number of amides is 1. The van der Waals surface area contributed by atoms with Crippen molar-refractivity contribution in [1.29, 1.82) is 0 Å². The lowest BCUT2D eigenvalue weighted by atomic mass is 9.85. The van der Waals surface area contributed by atoms with Gasteiger partial charge in [0.25, 0.3) is 0 Å². The molecule has 1 atom stereocenters. The summed E-state index contributed by atoms with van der Waals surface area (Å²) in [6.45, 7) is 17.7. The summed E-state index contributed by atoms with van der Waals surface area (Å²) in [5, 5.41) is 2.92. The minimum atomic E-state index is -0.458. The van der Waals surface area contributed by atoms with E-state index in [2.05, 4.69) is 53.8 Å². The molecule has 0 aromatic heterocycles. The quantitative estimate of drug-likeness (QED) is 0.314. The van der Waals surface area contributed by atoms with Gasteiger partial charge in [-0.3, -0.25) is 4.79 Å². The SMILES string of the molecule is CCC(C)(CC)COC(C)(C)CCOC(C)(C)CCNC(=O)C(N)CCCCN. The number of nitrogens with two attached hydrogens (primary N) is 2. The topological polar surface area (TPSA) is 99.6 Å². The summed E-state index contributed by atoms with van der Waals surface area (Å²) in [6.07, 6.45) is 6.26. The van der Waals surface area contributed by atoms with E-state index in [1.807, 2.05) is 0 Å². The number of hydrogen-bond acceptors (Lipinski definition) is 5. The molecule has 6 nitrogen and oxygen atoms in total. The second kappa shape index (κ2) is 13.6. The van der Waals surface area contributed by atoms with Gasteiger partial charge < -0.3 is 26.3 Å². The first-order valence-corrected chi connectivity index (χ1v) is 11.4. The van der Waals surface area contributed by atoms with E-state index >= 15 is 0 Å². The lowest BCUT2D eigenvalue weighted by Gasteiger charge is -2.34. The van der Waals surface area contributed by atoms with Crippen LogP contribution in [0.4, 0.5) is 0 Å². The first-order valence-electron chi connectivity index (χ1n) is 11.4. The fourth-order valence-electron chi connectivity index (χ4n) is 2.80. The molecule has 0 rings (SSSR count). The van der Waals surface area contributed by atoms with Gasteiger partial charge in [0.2, 0.25) is 5.91 Å². The largest absolute Gasteiger partial charge is 0.375 e. The van der Waals surface area contributed by atoms with Gasteiger partial charge in [0.15, 0.2) is 0 Å². The molecule has 0 aliphatic heterocycles. The van der Waals surface area contributed by atoms with Crippen molar-refractivity contribution in [3.8, 4) is 0 Å². The van der Waals surface area contributed by atoms with Crippen molar-refractivity contribution in [2.75, 3.05) is 26.3 Å². The molecule has 174 valence electrons. The van der Waals surface area contributed by atoms with Crippen molar-refractivity contribution in [3.05, 3.63) is 0 Å². The zero-order valence-electron chi connectivity index (χ0n) is 20.2. The molecule has 0 fully saturated rings. The van der Waals surface area contributed by atoms with E-state index in [1.54, 1.807) is 0 Å². The van der Waals surface area contributed by atoms with Crippen LogP contribution in [-0.2, 0) is 14.3 Å². The molecular formula is C23H49N3O3. The number of ether oxygens (including phenoxy) is 2. The molecule has 0 saturated carbocycles. The summed E-state index contributed by atoms with van der Waals surface area (Å²) in [4.78, 5) is 12.0. The number of carbonyl (C=O) groups excluding carboxylic acids is 1. The van der Waals surface area contributed by atoms with Crippen molar-refractivity contribution in [3.63, 3.8) is 0 Å². The standard InChI is InChI=1S/C23H49N3O3/c1-8-23(7,9-2)18-29-22(5,6)14-17-28-21(3,4)13-16-26-20(27)19(25)12-10-11-15-24/h19H,8-18,24-25H2,1-7H3,(H,26,27). The average molecular weight is 416 g/mol. The summed E-state index contributed by atoms with van der Waals surface area (Å²) in [6, 6.07) is -0.458. The summed E-state index contributed by atoms with van der Waals surface area (Å²) >= 11 is 0. The van der Waals surface area contributed by atoms with E-state index in [0.29, 0.717) is 26.1 Å². The molecule has 1 amide bonds. The molecule has 1 unspecified atom stereocenters. The fraction of sp³-hybridized carbons (Fsp3) is 0.957. The Morgan fingerprint density at radius 1 is 0.966 bits per heavy atom. The van der Waals surface area contributed by atoms with Gasteiger partial charge in [-0.2, -0.15) is 0 Å². The van der Waals surface area contributed by atoms with E-state index < -0.39 is 6.04 Å². The Labute approximate surface area is 179 Å². The van der Waals surface area contributed by atoms with Crippen LogP contribution in [0.2, 0.25) is 0 Å². The molecule has 0 saturated heterocycles. The molecule has 0 aliphatic rings. The van der Waals surface area contributed by atoms with Crippen LogP contribution < -0.4 is 16.8 Å². The van der Waals surface area contributed by atoms with Crippen molar-refractivity contribution in [1.82, 2.24) is 5.32 Å². The Balaban J connectivity index is 4.17. The molecule has 29 heavy (non-hydrogen) atoms. The Bertz CT molecular complexity index is 449. The number of nitrogens with one attached hydrogen (secondary N) is 1. The van der Waals surface area contributed by atoms with E-state index in [1.165, 1.54) is 0 Å². The van der Waals surface area contributed by atoms with E-state index in [9.17, 15) is 4.79 Å². The molecule has 0 bridgehead atoms. The average Bonchev–Trinajstić information content (AvgIpc) is 2.65. The van der Waals surface area contributed by atoms with Crippen LogP contribution in [0.5, 0.6) is 0 Å². The highest BCUT2D eigenvalue weighted by molar-refractivity contribution is 5.81. The molecular weight excluding hydrogens is 366 g/mol. The maximum absolute atomic E-state index is 12.0. The highest BCUT2D eigenvalue weighted by Gasteiger charge is 2.27. The summed E-state index contributed by atoms with van der Waals surface area (Å²) in [5.74, 6) is -0.0951. The second-order valence-corrected chi connectivity index (χ2v) is 9.86. The van der Waals surface area contributed by atoms with Crippen LogP contribution in [0.3, 0.4) is 0 Å². The lowest BCUT2D eigenvalue weighted by Crippen LogP contribution is -2.42. The highest BCUT2D eigenvalue weighted by Crippen LogP contribution is 2.29. The third kappa shape index (κ3) is 13.3. The maximum atomic E-state index is 12.0. The smallest absolute Gasteiger partial charge is 0.236 e. The minimum Gasteiger partial charge on any atom is -0.375 e. The Hall–Kier alpha value is -0.690. The van der Waals surface area contributed by atoms with Crippen LogP contribution in [0.15, 0.2) is 0 Å². The molecule has 0 aromatic rings. The van der Waals surface area contributed by atoms with E-state index in [-0.39, 0.29) is 22.5 Å². The zero-order chi connectivity index (χ0) is 22.6. The van der Waals surface area contributed by atoms with E-state index in [4.69, 9.17) is 20.9 Å². The minimum absolute atomic E-state index is 0.0951. The first-order chi connectivity index (χ1) is 13.4. The van der Waals surface area contributed by atoms with Gasteiger partial charge in [0, 0.05) is 6.54 Å². The van der Waals surface area contributed by atoms with Crippen LogP contribution in [0, 0.1) is 5.41 Å². The van der Waals surface area contributed by atoms with Gasteiger partial charge in [-0.25, -0.2) is 0 Å². The molecule has 6 heteroatoms. The number of carbonyl (C=O) groups is 1. The van der Waals surface area contributed by atoms with Crippen LogP contribution in [0.25, 0.3) is 0 Å². The van der Waals surface area contributed by atoms with E-state index in [0.717, 1.165) is 45.1 Å². The zero-order valence-corrected chi connectivity index (χ0v) is 20.2. The van der Waals surface area contributed by atoms with Crippen molar-refractivity contribution < 1.29 is 14.3 Å². The van der Waals surface area contributed by atoms with Gasteiger partial charge in [-0.1, -0.05) is 27.2 Å². The predicted octanol–water partition coefficient (Wildman–Crippen LogP) is 3.76.